The number of hydrogen-bond acceptors (Lipinski definition) is 5. The third-order valence-corrected chi connectivity index (χ3v) is 7.08. The number of piperidine rings is 1. The Morgan fingerprint density at radius 2 is 1.91 bits per heavy atom. The highest BCUT2D eigenvalue weighted by molar-refractivity contribution is 6.31. The number of hydrogen-bond donors (Lipinski definition) is 2. The summed E-state index contributed by atoms with van der Waals surface area (Å²) in [6, 6.07) is 11.4. The number of nitrogens with one attached hydrogen (secondary N) is 2. The van der Waals surface area contributed by atoms with E-state index in [0.717, 1.165) is 49.2 Å². The van der Waals surface area contributed by atoms with E-state index in [-0.39, 0.29) is 23.7 Å². The number of carbonyl (C=O) groups excluding carboxylic acids is 2. The Kier molecular flexibility index (Phi) is 6.78. The average molecular weight is 481 g/mol. The van der Waals surface area contributed by atoms with E-state index in [2.05, 4.69) is 25.2 Å². The predicted molar refractivity (Wildman–Crippen MR) is 130 cm³/mol. The van der Waals surface area contributed by atoms with Gasteiger partial charge >= 0.3 is 0 Å². The molecule has 0 bridgehead atoms. The molecule has 0 saturated carbocycles. The lowest BCUT2D eigenvalue weighted by Crippen LogP contribution is -2.42. The van der Waals surface area contributed by atoms with Gasteiger partial charge in [-0.1, -0.05) is 17.7 Å². The van der Waals surface area contributed by atoms with Crippen molar-refractivity contribution in [2.24, 2.45) is 11.8 Å². The molecule has 3 aromatic rings. The normalized spacial score (nSPS) is 19.6. The van der Waals surface area contributed by atoms with Crippen LogP contribution in [0.25, 0.3) is 11.0 Å². The van der Waals surface area contributed by atoms with E-state index in [9.17, 15) is 9.59 Å². The Balaban J connectivity index is 1.07. The maximum atomic E-state index is 13.1. The van der Waals surface area contributed by atoms with Crippen LogP contribution in [0.5, 0.6) is 0 Å². The van der Waals surface area contributed by atoms with Crippen molar-refractivity contribution in [3.05, 3.63) is 59.1 Å². The van der Waals surface area contributed by atoms with E-state index in [0.29, 0.717) is 36.9 Å². The summed E-state index contributed by atoms with van der Waals surface area (Å²) in [7, 11) is 0. The Bertz CT molecular complexity index is 1160. The number of aromatic nitrogens is 3. The number of fused-ring (bicyclic) bond motifs is 1. The molecule has 2 N–H and O–H groups in total. The second-order valence-electron chi connectivity index (χ2n) is 9.20. The SMILES string of the molecule is O=C(NCc1nc2ccc(Cl)cc2[nH]1)C1CCN(C(=O)C2CCN(Cc3ccccn3)CC2)C1. The highest BCUT2D eigenvalue weighted by Gasteiger charge is 2.35. The van der Waals surface area contributed by atoms with Crippen LogP contribution in [-0.2, 0) is 22.7 Å². The molecule has 1 atom stereocenters. The second-order valence-corrected chi connectivity index (χ2v) is 9.64. The molecule has 1 aromatic carbocycles. The number of amides is 2. The maximum Gasteiger partial charge on any atom is 0.225 e. The fourth-order valence-corrected chi connectivity index (χ4v) is 5.10. The largest absolute Gasteiger partial charge is 0.349 e. The first kappa shape index (κ1) is 22.8. The molecule has 178 valence electrons. The summed E-state index contributed by atoms with van der Waals surface area (Å²) in [5.74, 6) is 0.728. The van der Waals surface area contributed by atoms with Crippen LogP contribution in [0.3, 0.4) is 0 Å². The van der Waals surface area contributed by atoms with Crippen molar-refractivity contribution in [2.75, 3.05) is 26.2 Å². The van der Waals surface area contributed by atoms with E-state index >= 15 is 0 Å². The van der Waals surface area contributed by atoms with Crippen molar-refractivity contribution in [2.45, 2.75) is 32.4 Å². The van der Waals surface area contributed by atoms with Gasteiger partial charge in [0.05, 0.1) is 29.2 Å². The van der Waals surface area contributed by atoms with Gasteiger partial charge in [-0.15, -0.1) is 0 Å². The first-order valence-corrected chi connectivity index (χ1v) is 12.3. The summed E-state index contributed by atoms with van der Waals surface area (Å²) in [4.78, 5) is 42.1. The van der Waals surface area contributed by atoms with Gasteiger partial charge in [0, 0.05) is 36.8 Å². The summed E-state index contributed by atoms with van der Waals surface area (Å²) in [5, 5.41) is 3.61. The van der Waals surface area contributed by atoms with Gasteiger partial charge in [0.25, 0.3) is 0 Å². The molecule has 1 unspecified atom stereocenters. The van der Waals surface area contributed by atoms with Gasteiger partial charge < -0.3 is 15.2 Å². The fraction of sp³-hybridized carbons (Fsp3) is 0.440. The molecule has 2 aliphatic rings. The van der Waals surface area contributed by atoms with Crippen LogP contribution in [0.15, 0.2) is 42.6 Å². The number of rotatable bonds is 6. The van der Waals surface area contributed by atoms with Gasteiger partial charge in [-0.25, -0.2) is 4.98 Å². The molecule has 34 heavy (non-hydrogen) atoms. The minimum Gasteiger partial charge on any atom is -0.349 e. The first-order chi connectivity index (χ1) is 16.5. The number of pyridine rings is 1. The van der Waals surface area contributed by atoms with Crippen LogP contribution in [0, 0.1) is 11.8 Å². The van der Waals surface area contributed by atoms with Crippen LogP contribution in [0.2, 0.25) is 5.02 Å². The number of H-pyrrole nitrogens is 1. The Labute approximate surface area is 203 Å². The topological polar surface area (TPSA) is 94.2 Å². The standard InChI is InChI=1S/C25H29ClN6O2/c26-19-4-5-21-22(13-19)30-23(29-21)14-28-24(33)18-8-12-32(15-18)25(34)17-6-10-31(11-7-17)16-20-3-1-2-9-27-20/h1-5,9,13,17-18H,6-8,10-12,14-16H2,(H,28,33)(H,29,30). The van der Waals surface area contributed by atoms with Crippen molar-refractivity contribution < 1.29 is 9.59 Å². The summed E-state index contributed by atoms with van der Waals surface area (Å²) in [5.41, 5.74) is 2.73. The lowest BCUT2D eigenvalue weighted by Gasteiger charge is -2.33. The average Bonchev–Trinajstić information content (AvgIpc) is 3.50. The Hall–Kier alpha value is -2.97. The third kappa shape index (κ3) is 5.23. The first-order valence-electron chi connectivity index (χ1n) is 11.9. The van der Waals surface area contributed by atoms with Crippen LogP contribution < -0.4 is 5.32 Å². The van der Waals surface area contributed by atoms with Gasteiger partial charge in [-0.05, 0) is 62.7 Å². The van der Waals surface area contributed by atoms with E-state index in [1.165, 1.54) is 0 Å². The van der Waals surface area contributed by atoms with Crippen LogP contribution in [-0.4, -0.2) is 62.7 Å². The van der Waals surface area contributed by atoms with Crippen molar-refractivity contribution >= 4 is 34.4 Å². The van der Waals surface area contributed by atoms with Gasteiger partial charge in [0.1, 0.15) is 5.82 Å². The van der Waals surface area contributed by atoms with Gasteiger partial charge in [0.15, 0.2) is 0 Å². The summed E-state index contributed by atoms with van der Waals surface area (Å²) >= 11 is 6.02. The number of likely N-dealkylation sites (tertiary alicyclic amines) is 2. The number of aromatic amines is 1. The fourth-order valence-electron chi connectivity index (χ4n) is 4.93. The van der Waals surface area contributed by atoms with Crippen molar-refractivity contribution in [3.63, 3.8) is 0 Å². The Morgan fingerprint density at radius 3 is 2.71 bits per heavy atom. The van der Waals surface area contributed by atoms with Gasteiger partial charge in [-0.2, -0.15) is 0 Å². The maximum absolute atomic E-state index is 13.1. The Morgan fingerprint density at radius 1 is 1.09 bits per heavy atom. The molecule has 2 aromatic heterocycles. The van der Waals surface area contributed by atoms with Crippen molar-refractivity contribution in [3.8, 4) is 0 Å². The zero-order chi connectivity index (χ0) is 23.5. The van der Waals surface area contributed by atoms with Gasteiger partial charge in [0.2, 0.25) is 11.8 Å². The minimum absolute atomic E-state index is 0.0287. The minimum atomic E-state index is -0.174. The molecule has 4 heterocycles. The van der Waals surface area contributed by atoms with E-state index < -0.39 is 0 Å². The zero-order valence-electron chi connectivity index (χ0n) is 19.0. The molecule has 0 radical (unpaired) electrons. The lowest BCUT2D eigenvalue weighted by molar-refractivity contribution is -0.136. The van der Waals surface area contributed by atoms with Gasteiger partial charge in [-0.3, -0.25) is 19.5 Å². The van der Waals surface area contributed by atoms with E-state index in [4.69, 9.17) is 11.6 Å². The summed E-state index contributed by atoms with van der Waals surface area (Å²) in [6.45, 7) is 4.08. The molecule has 0 aliphatic carbocycles. The molecule has 0 spiro atoms. The molecule has 2 amide bonds. The summed E-state index contributed by atoms with van der Waals surface area (Å²) < 4.78 is 0. The molecule has 2 saturated heterocycles. The predicted octanol–water partition coefficient (Wildman–Crippen LogP) is 2.99. The number of benzene rings is 1. The molecular weight excluding hydrogens is 452 g/mol. The van der Waals surface area contributed by atoms with Crippen LogP contribution in [0.4, 0.5) is 0 Å². The second kappa shape index (κ2) is 10.1. The van der Waals surface area contributed by atoms with Crippen molar-refractivity contribution in [1.82, 2.24) is 30.1 Å². The monoisotopic (exact) mass is 480 g/mol. The van der Waals surface area contributed by atoms with Crippen molar-refractivity contribution in [1.29, 1.82) is 0 Å². The number of carbonyl (C=O) groups is 2. The van der Waals surface area contributed by atoms with Crippen LogP contribution in [0.1, 0.15) is 30.8 Å². The number of halogens is 1. The van der Waals surface area contributed by atoms with E-state index in [1.807, 2.05) is 41.4 Å². The number of imidazole rings is 1. The smallest absolute Gasteiger partial charge is 0.225 e. The molecule has 9 heteroatoms. The quantitative estimate of drug-likeness (QED) is 0.565. The molecule has 8 nitrogen and oxygen atoms in total. The molecule has 2 aliphatic heterocycles. The highest BCUT2D eigenvalue weighted by atomic mass is 35.5. The van der Waals surface area contributed by atoms with E-state index in [1.54, 1.807) is 6.07 Å². The highest BCUT2D eigenvalue weighted by Crippen LogP contribution is 2.25. The van der Waals surface area contributed by atoms with Crippen LogP contribution >= 0.6 is 11.6 Å². The molecular formula is C25H29ClN6O2. The molecule has 5 rings (SSSR count). The molecule has 2 fully saturated rings. The lowest BCUT2D eigenvalue weighted by atomic mass is 9.95. The summed E-state index contributed by atoms with van der Waals surface area (Å²) in [6.07, 6.45) is 4.23. The number of nitrogens with zero attached hydrogens (tertiary/aromatic N) is 4. The zero-order valence-corrected chi connectivity index (χ0v) is 19.8. The third-order valence-electron chi connectivity index (χ3n) is 6.84.